The molecule has 0 spiro atoms. The highest BCUT2D eigenvalue weighted by molar-refractivity contribution is 9.10. The molecule has 0 saturated heterocycles. The molecule has 0 aliphatic rings. The molecule has 0 saturated carbocycles. The number of benzene rings is 2. The van der Waals surface area contributed by atoms with E-state index in [2.05, 4.69) is 21.2 Å². The van der Waals surface area contributed by atoms with Crippen LogP contribution in [0.4, 0.5) is 5.69 Å². The van der Waals surface area contributed by atoms with E-state index in [0.29, 0.717) is 11.6 Å². The number of rotatable bonds is 5. The lowest BCUT2D eigenvalue weighted by Gasteiger charge is -2.12. The van der Waals surface area contributed by atoms with Crippen LogP contribution < -0.4 is 14.8 Å². The van der Waals surface area contributed by atoms with Crippen molar-refractivity contribution >= 4 is 33.2 Å². The molecule has 0 aromatic heterocycles. The number of methoxy groups -OCH3 is 2. The molecule has 0 heterocycles. The average molecular weight is 357 g/mol. The maximum Gasteiger partial charge on any atom is 0.161 e. The fourth-order valence-corrected chi connectivity index (χ4v) is 2.38. The average Bonchev–Trinajstić information content (AvgIpc) is 2.47. The normalized spacial score (nSPS) is 10.2. The van der Waals surface area contributed by atoms with Crippen LogP contribution in [0, 0.1) is 0 Å². The molecule has 0 unspecified atom stereocenters. The molecular weight excluding hydrogens is 342 g/mol. The fourth-order valence-electron chi connectivity index (χ4n) is 1.82. The van der Waals surface area contributed by atoms with E-state index in [1.807, 2.05) is 36.4 Å². The Labute approximate surface area is 132 Å². The maximum atomic E-state index is 5.99. The molecule has 5 heteroatoms. The summed E-state index contributed by atoms with van der Waals surface area (Å²) in [5.74, 6) is 1.44. The van der Waals surface area contributed by atoms with Crippen molar-refractivity contribution in [2.24, 2.45) is 0 Å². The number of hydrogen-bond acceptors (Lipinski definition) is 3. The van der Waals surface area contributed by atoms with E-state index in [-0.39, 0.29) is 0 Å². The van der Waals surface area contributed by atoms with Crippen LogP contribution in [0.2, 0.25) is 5.02 Å². The highest BCUT2D eigenvalue weighted by atomic mass is 79.9. The van der Waals surface area contributed by atoms with Gasteiger partial charge in [0.25, 0.3) is 0 Å². The van der Waals surface area contributed by atoms with Gasteiger partial charge in [0, 0.05) is 16.0 Å². The second kappa shape index (κ2) is 6.86. The molecule has 0 aliphatic heterocycles. The van der Waals surface area contributed by atoms with Gasteiger partial charge < -0.3 is 14.8 Å². The van der Waals surface area contributed by atoms with Gasteiger partial charge in [0.2, 0.25) is 0 Å². The lowest BCUT2D eigenvalue weighted by molar-refractivity contribution is 0.354. The molecule has 106 valence electrons. The van der Waals surface area contributed by atoms with Crippen LogP contribution in [0.3, 0.4) is 0 Å². The SMILES string of the molecule is COc1ccc(CNc2cc(Cl)ccc2Br)cc1OC. The van der Waals surface area contributed by atoms with Gasteiger partial charge in [-0.2, -0.15) is 0 Å². The van der Waals surface area contributed by atoms with Gasteiger partial charge in [0.1, 0.15) is 0 Å². The molecule has 2 rings (SSSR count). The zero-order valence-electron chi connectivity index (χ0n) is 11.2. The van der Waals surface area contributed by atoms with Crippen LogP contribution in [0.1, 0.15) is 5.56 Å². The van der Waals surface area contributed by atoms with Crippen LogP contribution in [-0.2, 0) is 6.54 Å². The summed E-state index contributed by atoms with van der Waals surface area (Å²) in [7, 11) is 3.25. The van der Waals surface area contributed by atoms with Gasteiger partial charge in [0.15, 0.2) is 11.5 Å². The Bertz CT molecular complexity index is 604. The van der Waals surface area contributed by atoms with Gasteiger partial charge >= 0.3 is 0 Å². The summed E-state index contributed by atoms with van der Waals surface area (Å²) >= 11 is 9.48. The molecule has 2 aromatic rings. The van der Waals surface area contributed by atoms with Gasteiger partial charge in [-0.3, -0.25) is 0 Å². The fraction of sp³-hybridized carbons (Fsp3) is 0.200. The van der Waals surface area contributed by atoms with Crippen molar-refractivity contribution in [3.63, 3.8) is 0 Å². The summed E-state index contributed by atoms with van der Waals surface area (Å²) in [6, 6.07) is 11.5. The highest BCUT2D eigenvalue weighted by Gasteiger charge is 2.05. The van der Waals surface area contributed by atoms with E-state index >= 15 is 0 Å². The number of hydrogen-bond donors (Lipinski definition) is 1. The molecule has 0 radical (unpaired) electrons. The van der Waals surface area contributed by atoms with E-state index < -0.39 is 0 Å². The predicted octanol–water partition coefficient (Wildman–Crippen LogP) is 4.73. The summed E-state index contributed by atoms with van der Waals surface area (Å²) < 4.78 is 11.5. The first-order chi connectivity index (χ1) is 9.63. The molecule has 0 fully saturated rings. The lowest BCUT2D eigenvalue weighted by Crippen LogP contribution is -2.01. The molecule has 0 aliphatic carbocycles. The zero-order chi connectivity index (χ0) is 14.5. The van der Waals surface area contributed by atoms with Crippen LogP contribution in [0.15, 0.2) is 40.9 Å². The van der Waals surface area contributed by atoms with Gasteiger partial charge in [0.05, 0.1) is 19.9 Å². The van der Waals surface area contributed by atoms with Crippen LogP contribution in [0.5, 0.6) is 11.5 Å². The minimum atomic E-state index is 0.666. The first kappa shape index (κ1) is 15.0. The highest BCUT2D eigenvalue weighted by Crippen LogP contribution is 2.29. The van der Waals surface area contributed by atoms with E-state index in [1.165, 1.54) is 0 Å². The van der Waals surface area contributed by atoms with Crippen molar-refractivity contribution in [3.8, 4) is 11.5 Å². The van der Waals surface area contributed by atoms with E-state index in [1.54, 1.807) is 14.2 Å². The van der Waals surface area contributed by atoms with Gasteiger partial charge in [-0.1, -0.05) is 17.7 Å². The molecule has 0 bridgehead atoms. The van der Waals surface area contributed by atoms with Crippen molar-refractivity contribution < 1.29 is 9.47 Å². The summed E-state index contributed by atoms with van der Waals surface area (Å²) in [5, 5.41) is 4.03. The van der Waals surface area contributed by atoms with Crippen LogP contribution in [-0.4, -0.2) is 14.2 Å². The third kappa shape index (κ3) is 3.58. The molecule has 1 N–H and O–H groups in total. The Kier molecular flexibility index (Phi) is 5.15. The number of ether oxygens (including phenoxy) is 2. The van der Waals surface area contributed by atoms with Crippen LogP contribution in [0.25, 0.3) is 0 Å². The third-order valence-corrected chi connectivity index (χ3v) is 3.79. The first-order valence-corrected chi connectivity index (χ1v) is 7.21. The summed E-state index contributed by atoms with van der Waals surface area (Å²) in [6.45, 7) is 0.666. The molecular formula is C15H15BrClNO2. The Morgan fingerprint density at radius 2 is 1.80 bits per heavy atom. The molecule has 0 amide bonds. The largest absolute Gasteiger partial charge is 0.493 e. The third-order valence-electron chi connectivity index (χ3n) is 2.86. The first-order valence-electron chi connectivity index (χ1n) is 6.04. The Balaban J connectivity index is 2.12. The molecule has 3 nitrogen and oxygen atoms in total. The van der Waals surface area contributed by atoms with Crippen LogP contribution >= 0.6 is 27.5 Å². The van der Waals surface area contributed by atoms with Crippen molar-refractivity contribution in [3.05, 3.63) is 51.5 Å². The van der Waals surface area contributed by atoms with E-state index in [9.17, 15) is 0 Å². The zero-order valence-corrected chi connectivity index (χ0v) is 13.6. The van der Waals surface area contributed by atoms with Crippen molar-refractivity contribution in [2.75, 3.05) is 19.5 Å². The quantitative estimate of drug-likeness (QED) is 0.840. The minimum absolute atomic E-state index is 0.666. The Hall–Kier alpha value is -1.39. The van der Waals surface area contributed by atoms with Gasteiger partial charge in [-0.05, 0) is 51.8 Å². The van der Waals surface area contributed by atoms with Crippen molar-refractivity contribution in [1.29, 1.82) is 0 Å². The van der Waals surface area contributed by atoms with Crippen molar-refractivity contribution in [1.82, 2.24) is 0 Å². The smallest absolute Gasteiger partial charge is 0.161 e. The van der Waals surface area contributed by atoms with Gasteiger partial charge in [-0.15, -0.1) is 0 Å². The number of halogens is 2. The topological polar surface area (TPSA) is 30.5 Å². The van der Waals surface area contributed by atoms with Crippen molar-refractivity contribution in [2.45, 2.75) is 6.54 Å². The van der Waals surface area contributed by atoms with E-state index in [0.717, 1.165) is 27.2 Å². The second-order valence-electron chi connectivity index (χ2n) is 4.17. The van der Waals surface area contributed by atoms with E-state index in [4.69, 9.17) is 21.1 Å². The number of anilines is 1. The summed E-state index contributed by atoms with van der Waals surface area (Å²) in [5.41, 5.74) is 2.04. The lowest BCUT2D eigenvalue weighted by atomic mass is 10.2. The summed E-state index contributed by atoms with van der Waals surface area (Å²) in [4.78, 5) is 0. The standard InChI is InChI=1S/C15H15BrClNO2/c1-19-14-6-3-10(7-15(14)20-2)9-18-13-8-11(17)4-5-12(13)16/h3-8,18H,9H2,1-2H3. The second-order valence-corrected chi connectivity index (χ2v) is 5.46. The Morgan fingerprint density at radius 3 is 2.50 bits per heavy atom. The minimum Gasteiger partial charge on any atom is -0.493 e. The monoisotopic (exact) mass is 355 g/mol. The molecule has 0 atom stereocenters. The molecule has 2 aromatic carbocycles. The predicted molar refractivity (Wildman–Crippen MR) is 86.0 cm³/mol. The van der Waals surface area contributed by atoms with Gasteiger partial charge in [-0.25, -0.2) is 0 Å². The molecule has 20 heavy (non-hydrogen) atoms. The Morgan fingerprint density at radius 1 is 1.05 bits per heavy atom. The maximum absolute atomic E-state index is 5.99. The summed E-state index contributed by atoms with van der Waals surface area (Å²) in [6.07, 6.45) is 0. The number of nitrogens with one attached hydrogen (secondary N) is 1.